The minimum atomic E-state index is -0.0227. The lowest BCUT2D eigenvalue weighted by Gasteiger charge is -2.47. The zero-order valence-electron chi connectivity index (χ0n) is 13.6. The monoisotopic (exact) mass is 291 g/mol. The average Bonchev–Trinajstić information content (AvgIpc) is 2.53. The number of hydrogen-bond donors (Lipinski definition) is 1. The number of pyridine rings is 1. The lowest BCUT2D eigenvalue weighted by atomic mass is 9.73. The predicted octanol–water partition coefficient (Wildman–Crippen LogP) is 3.13. The van der Waals surface area contributed by atoms with Gasteiger partial charge < -0.3 is 15.4 Å². The molecule has 1 heterocycles. The minimum Gasteiger partial charge on any atom is -0.492 e. The maximum atomic E-state index is 6.67. The second-order valence-corrected chi connectivity index (χ2v) is 6.34. The highest BCUT2D eigenvalue weighted by Crippen LogP contribution is 2.40. The predicted molar refractivity (Wildman–Crippen MR) is 86.5 cm³/mol. The van der Waals surface area contributed by atoms with Gasteiger partial charge in [0.25, 0.3) is 0 Å². The molecule has 2 rings (SSSR count). The normalized spacial score (nSPS) is 19.5. The summed E-state index contributed by atoms with van der Waals surface area (Å²) in [6.45, 7) is 2.82. The number of likely N-dealkylation sites (N-methyl/N-ethyl adjacent to an activating group) is 1. The van der Waals surface area contributed by atoms with Crippen LogP contribution in [-0.4, -0.2) is 36.1 Å². The Balaban J connectivity index is 2.22. The highest BCUT2D eigenvalue weighted by Gasteiger charge is 2.40. The molecule has 0 saturated heterocycles. The lowest BCUT2D eigenvalue weighted by Crippen LogP contribution is -2.53. The largest absolute Gasteiger partial charge is 0.492 e. The van der Waals surface area contributed by atoms with Crippen LogP contribution in [0.1, 0.15) is 57.1 Å². The molecule has 0 aliphatic heterocycles. The van der Waals surface area contributed by atoms with Gasteiger partial charge in [0.15, 0.2) is 0 Å². The van der Waals surface area contributed by atoms with Gasteiger partial charge in [-0.3, -0.25) is 4.98 Å². The van der Waals surface area contributed by atoms with Crippen LogP contribution in [0.15, 0.2) is 18.5 Å². The van der Waals surface area contributed by atoms with Crippen molar-refractivity contribution in [3.05, 3.63) is 24.0 Å². The zero-order valence-corrected chi connectivity index (χ0v) is 13.6. The molecule has 1 fully saturated rings. The summed E-state index contributed by atoms with van der Waals surface area (Å²) in [6, 6.07) is 2.04. The van der Waals surface area contributed by atoms with Crippen LogP contribution in [0.25, 0.3) is 0 Å². The molecule has 1 unspecified atom stereocenters. The van der Waals surface area contributed by atoms with Gasteiger partial charge in [-0.05, 0) is 45.0 Å². The molecule has 1 aromatic rings. The van der Waals surface area contributed by atoms with Crippen LogP contribution >= 0.6 is 0 Å². The fourth-order valence-corrected chi connectivity index (χ4v) is 3.42. The number of nitrogens with two attached hydrogens (primary N) is 1. The number of ether oxygens (including phenoxy) is 1. The van der Waals surface area contributed by atoms with Gasteiger partial charge in [0, 0.05) is 17.8 Å². The number of aromatic nitrogens is 1. The molecule has 4 heteroatoms. The van der Waals surface area contributed by atoms with Gasteiger partial charge in [-0.2, -0.15) is 0 Å². The van der Waals surface area contributed by atoms with Crippen molar-refractivity contribution in [1.82, 2.24) is 9.88 Å². The van der Waals surface area contributed by atoms with Gasteiger partial charge in [0.05, 0.1) is 12.8 Å². The van der Waals surface area contributed by atoms with Crippen LogP contribution in [0, 0.1) is 0 Å². The summed E-state index contributed by atoms with van der Waals surface area (Å²) in [4.78, 5) is 6.64. The van der Waals surface area contributed by atoms with E-state index in [9.17, 15) is 0 Å². The molecule has 0 amide bonds. The van der Waals surface area contributed by atoms with Gasteiger partial charge in [-0.25, -0.2) is 0 Å². The van der Waals surface area contributed by atoms with Crippen molar-refractivity contribution < 1.29 is 4.74 Å². The standard InChI is InChI=1S/C17H29N3O/c1-4-10-21-15-11-14(12-19-13-15)16(18)17(20(2)3)8-6-5-7-9-17/h11-13,16H,4-10,18H2,1-3H3. The molecule has 0 aromatic carbocycles. The van der Waals surface area contributed by atoms with Crippen LogP contribution in [0.4, 0.5) is 0 Å². The Morgan fingerprint density at radius 2 is 2.00 bits per heavy atom. The van der Waals surface area contributed by atoms with E-state index in [0.717, 1.165) is 37.2 Å². The maximum Gasteiger partial charge on any atom is 0.137 e. The van der Waals surface area contributed by atoms with E-state index >= 15 is 0 Å². The van der Waals surface area contributed by atoms with E-state index < -0.39 is 0 Å². The fourth-order valence-electron chi connectivity index (χ4n) is 3.42. The third kappa shape index (κ3) is 3.55. The fraction of sp³-hybridized carbons (Fsp3) is 0.706. The first-order chi connectivity index (χ1) is 10.1. The van der Waals surface area contributed by atoms with Crippen LogP contribution in [0.2, 0.25) is 0 Å². The number of nitrogens with zero attached hydrogens (tertiary/aromatic N) is 2. The molecule has 1 atom stereocenters. The molecular formula is C17H29N3O. The summed E-state index contributed by atoms with van der Waals surface area (Å²) in [7, 11) is 4.30. The van der Waals surface area contributed by atoms with Crippen molar-refractivity contribution >= 4 is 0 Å². The molecule has 1 saturated carbocycles. The Morgan fingerprint density at radius 3 is 2.62 bits per heavy atom. The topological polar surface area (TPSA) is 51.4 Å². The Morgan fingerprint density at radius 1 is 1.29 bits per heavy atom. The quantitative estimate of drug-likeness (QED) is 0.875. The van der Waals surface area contributed by atoms with Crippen LogP contribution in [-0.2, 0) is 0 Å². The molecule has 0 radical (unpaired) electrons. The second kappa shape index (κ2) is 7.23. The SMILES string of the molecule is CCCOc1cncc(C(N)C2(N(C)C)CCCCC2)c1. The van der Waals surface area contributed by atoms with Gasteiger partial charge in [0.1, 0.15) is 5.75 Å². The highest BCUT2D eigenvalue weighted by molar-refractivity contribution is 5.28. The minimum absolute atomic E-state index is 0.0227. The molecule has 2 N–H and O–H groups in total. The van der Waals surface area contributed by atoms with Gasteiger partial charge in [-0.1, -0.05) is 26.2 Å². The maximum absolute atomic E-state index is 6.67. The van der Waals surface area contributed by atoms with Crippen LogP contribution < -0.4 is 10.5 Å². The van der Waals surface area contributed by atoms with Crippen LogP contribution in [0.3, 0.4) is 0 Å². The van der Waals surface area contributed by atoms with E-state index in [1.807, 2.05) is 6.20 Å². The van der Waals surface area contributed by atoms with E-state index in [2.05, 4.69) is 37.0 Å². The Labute approximate surface area is 128 Å². The third-order valence-corrected chi connectivity index (χ3v) is 4.76. The van der Waals surface area contributed by atoms with Crippen molar-refractivity contribution in [2.45, 2.75) is 57.0 Å². The molecule has 1 aliphatic carbocycles. The van der Waals surface area contributed by atoms with Gasteiger partial charge in [-0.15, -0.1) is 0 Å². The summed E-state index contributed by atoms with van der Waals surface area (Å²) in [6.07, 6.45) is 10.8. The van der Waals surface area contributed by atoms with Crippen molar-refractivity contribution in [3.8, 4) is 5.75 Å². The third-order valence-electron chi connectivity index (χ3n) is 4.76. The summed E-state index contributed by atoms with van der Waals surface area (Å²) < 4.78 is 5.70. The van der Waals surface area contributed by atoms with Crippen molar-refractivity contribution in [2.24, 2.45) is 5.73 Å². The second-order valence-electron chi connectivity index (χ2n) is 6.34. The van der Waals surface area contributed by atoms with Crippen molar-refractivity contribution in [3.63, 3.8) is 0 Å². The molecule has 0 spiro atoms. The zero-order chi connectivity index (χ0) is 15.3. The van der Waals surface area contributed by atoms with Crippen molar-refractivity contribution in [2.75, 3.05) is 20.7 Å². The Hall–Kier alpha value is -1.13. The van der Waals surface area contributed by atoms with E-state index in [1.165, 1.54) is 19.3 Å². The molecule has 21 heavy (non-hydrogen) atoms. The van der Waals surface area contributed by atoms with Gasteiger partial charge in [0.2, 0.25) is 0 Å². The molecule has 1 aliphatic rings. The van der Waals surface area contributed by atoms with E-state index in [1.54, 1.807) is 6.20 Å². The van der Waals surface area contributed by atoms with E-state index in [0.29, 0.717) is 0 Å². The van der Waals surface area contributed by atoms with Gasteiger partial charge >= 0.3 is 0 Å². The van der Waals surface area contributed by atoms with Crippen LogP contribution in [0.5, 0.6) is 5.75 Å². The molecule has 1 aromatic heterocycles. The Kier molecular flexibility index (Phi) is 5.59. The summed E-state index contributed by atoms with van der Waals surface area (Å²) in [5.74, 6) is 0.828. The average molecular weight is 291 g/mol. The number of hydrogen-bond acceptors (Lipinski definition) is 4. The van der Waals surface area contributed by atoms with Crippen molar-refractivity contribution in [1.29, 1.82) is 0 Å². The summed E-state index contributed by atoms with van der Waals surface area (Å²) >= 11 is 0. The highest BCUT2D eigenvalue weighted by atomic mass is 16.5. The lowest BCUT2D eigenvalue weighted by molar-refractivity contribution is 0.0711. The van der Waals surface area contributed by atoms with E-state index in [4.69, 9.17) is 10.5 Å². The first-order valence-electron chi connectivity index (χ1n) is 8.11. The first-order valence-corrected chi connectivity index (χ1v) is 8.11. The summed E-state index contributed by atoms with van der Waals surface area (Å²) in [5.41, 5.74) is 7.79. The van der Waals surface area contributed by atoms with E-state index in [-0.39, 0.29) is 11.6 Å². The molecular weight excluding hydrogens is 262 g/mol. The summed E-state index contributed by atoms with van der Waals surface area (Å²) in [5, 5.41) is 0. The first kappa shape index (κ1) is 16.2. The number of rotatable bonds is 6. The molecule has 0 bridgehead atoms. The molecule has 118 valence electrons. The molecule has 4 nitrogen and oxygen atoms in total. The Bertz CT molecular complexity index is 441. The smallest absolute Gasteiger partial charge is 0.137 e.